The Labute approximate surface area is 117 Å². The summed E-state index contributed by atoms with van der Waals surface area (Å²) in [5.74, 6) is 0. The van der Waals surface area contributed by atoms with Gasteiger partial charge in [0.05, 0.1) is 6.04 Å². The average molecular weight is 284 g/mol. The van der Waals surface area contributed by atoms with E-state index in [1.165, 1.54) is 0 Å². The maximum atomic E-state index is 12.0. The van der Waals surface area contributed by atoms with E-state index in [1.807, 2.05) is 24.4 Å². The third kappa shape index (κ3) is 3.92. The summed E-state index contributed by atoms with van der Waals surface area (Å²) in [4.78, 5) is 20.0. The number of nitrogens with zero attached hydrogens (tertiary/aromatic N) is 1. The molecule has 0 bridgehead atoms. The summed E-state index contributed by atoms with van der Waals surface area (Å²) in [5.41, 5.74) is 2.46. The molecule has 2 heterocycles. The monoisotopic (exact) mass is 284 g/mol. The van der Waals surface area contributed by atoms with Gasteiger partial charge in [0.1, 0.15) is 0 Å². The van der Waals surface area contributed by atoms with Gasteiger partial charge in [0, 0.05) is 25.0 Å². The van der Waals surface area contributed by atoms with Crippen molar-refractivity contribution in [3.63, 3.8) is 0 Å². The Morgan fingerprint density at radius 2 is 2.47 bits per heavy atom. The summed E-state index contributed by atoms with van der Waals surface area (Å²) in [7, 11) is 1.75. The lowest BCUT2D eigenvalue weighted by atomic mass is 10.2. The predicted molar refractivity (Wildman–Crippen MR) is 73.7 cm³/mol. The molecule has 106 valence electrons. The Bertz CT molecular complexity index is 391. The SMILES string of the molecule is C[C@H](c1cccs1)N(C)C(=O)NO[C@H]1CCCCO1. The molecule has 0 unspecified atom stereocenters. The number of hydrogen-bond acceptors (Lipinski definition) is 4. The number of carbonyl (C=O) groups is 1. The van der Waals surface area contributed by atoms with Crippen molar-refractivity contribution in [1.29, 1.82) is 0 Å². The quantitative estimate of drug-likeness (QED) is 0.865. The van der Waals surface area contributed by atoms with Gasteiger partial charge in [0.2, 0.25) is 0 Å². The first-order valence-corrected chi connectivity index (χ1v) is 7.40. The van der Waals surface area contributed by atoms with Crippen LogP contribution in [0.4, 0.5) is 4.79 Å². The van der Waals surface area contributed by atoms with E-state index in [2.05, 4.69) is 5.48 Å². The molecule has 5 nitrogen and oxygen atoms in total. The Kier molecular flexibility index (Phi) is 5.18. The number of carbonyl (C=O) groups excluding carboxylic acids is 1. The van der Waals surface area contributed by atoms with Crippen molar-refractivity contribution in [3.8, 4) is 0 Å². The maximum Gasteiger partial charge on any atom is 0.341 e. The second-order valence-electron chi connectivity index (χ2n) is 4.62. The second-order valence-corrected chi connectivity index (χ2v) is 5.60. The number of thiophene rings is 1. The minimum Gasteiger partial charge on any atom is -0.350 e. The molecule has 2 amide bonds. The van der Waals surface area contributed by atoms with Gasteiger partial charge in [-0.05, 0) is 31.2 Å². The van der Waals surface area contributed by atoms with Crippen molar-refractivity contribution in [1.82, 2.24) is 10.4 Å². The summed E-state index contributed by atoms with van der Waals surface area (Å²) in [6.07, 6.45) is 2.64. The van der Waals surface area contributed by atoms with E-state index in [0.717, 1.165) is 24.1 Å². The molecule has 1 N–H and O–H groups in total. The van der Waals surface area contributed by atoms with Gasteiger partial charge < -0.3 is 9.64 Å². The fourth-order valence-corrected chi connectivity index (χ4v) is 2.71. The predicted octanol–water partition coefficient (Wildman–Crippen LogP) is 2.91. The van der Waals surface area contributed by atoms with Crippen molar-refractivity contribution in [2.45, 2.75) is 38.5 Å². The fraction of sp³-hybridized carbons (Fsp3) is 0.615. The van der Waals surface area contributed by atoms with E-state index < -0.39 is 0 Å². The van der Waals surface area contributed by atoms with Gasteiger partial charge in [0.25, 0.3) is 0 Å². The number of nitrogens with one attached hydrogen (secondary N) is 1. The molecule has 19 heavy (non-hydrogen) atoms. The molecular formula is C13H20N2O3S. The van der Waals surface area contributed by atoms with Crippen LogP contribution in [-0.4, -0.2) is 30.9 Å². The van der Waals surface area contributed by atoms with Gasteiger partial charge >= 0.3 is 6.03 Å². The Balaban J connectivity index is 1.78. The molecule has 1 aromatic heterocycles. The molecule has 0 aliphatic carbocycles. The molecule has 1 aliphatic rings. The van der Waals surface area contributed by atoms with Crippen LogP contribution in [0.25, 0.3) is 0 Å². The highest BCUT2D eigenvalue weighted by Gasteiger charge is 2.20. The van der Waals surface area contributed by atoms with Crippen molar-refractivity contribution in [3.05, 3.63) is 22.4 Å². The molecule has 1 saturated heterocycles. The minimum atomic E-state index is -0.317. The molecule has 0 radical (unpaired) electrons. The van der Waals surface area contributed by atoms with Crippen molar-refractivity contribution in [2.75, 3.05) is 13.7 Å². The van der Waals surface area contributed by atoms with Gasteiger partial charge in [-0.2, -0.15) is 0 Å². The highest BCUT2D eigenvalue weighted by atomic mass is 32.1. The van der Waals surface area contributed by atoms with Crippen molar-refractivity contribution >= 4 is 17.4 Å². The molecular weight excluding hydrogens is 264 g/mol. The van der Waals surface area contributed by atoms with E-state index in [0.29, 0.717) is 6.61 Å². The van der Waals surface area contributed by atoms with E-state index in [-0.39, 0.29) is 18.4 Å². The van der Waals surface area contributed by atoms with Crippen LogP contribution in [0.2, 0.25) is 0 Å². The van der Waals surface area contributed by atoms with Gasteiger partial charge in [-0.15, -0.1) is 11.3 Å². The second kappa shape index (κ2) is 6.88. The molecule has 1 aliphatic heterocycles. The Morgan fingerprint density at radius 3 is 3.11 bits per heavy atom. The lowest BCUT2D eigenvalue weighted by Crippen LogP contribution is -2.41. The third-order valence-corrected chi connectivity index (χ3v) is 4.31. The van der Waals surface area contributed by atoms with Crippen LogP contribution in [0.15, 0.2) is 17.5 Å². The topological polar surface area (TPSA) is 50.8 Å². The zero-order chi connectivity index (χ0) is 13.7. The molecule has 2 atom stereocenters. The number of hydroxylamine groups is 1. The molecule has 0 spiro atoms. The first kappa shape index (κ1) is 14.3. The van der Waals surface area contributed by atoms with E-state index in [9.17, 15) is 4.79 Å². The van der Waals surface area contributed by atoms with Crippen LogP contribution < -0.4 is 5.48 Å². The fourth-order valence-electron chi connectivity index (χ4n) is 1.89. The van der Waals surface area contributed by atoms with E-state index in [1.54, 1.807) is 23.3 Å². The van der Waals surface area contributed by atoms with E-state index >= 15 is 0 Å². The van der Waals surface area contributed by atoms with Gasteiger partial charge in [-0.1, -0.05) is 6.07 Å². The smallest absolute Gasteiger partial charge is 0.341 e. The summed E-state index contributed by atoms with van der Waals surface area (Å²) >= 11 is 1.64. The largest absolute Gasteiger partial charge is 0.350 e. The normalized spacial score (nSPS) is 20.8. The number of hydrogen-bond donors (Lipinski definition) is 1. The average Bonchev–Trinajstić information content (AvgIpc) is 2.98. The lowest BCUT2D eigenvalue weighted by Gasteiger charge is -2.26. The number of ether oxygens (including phenoxy) is 1. The number of rotatable bonds is 4. The molecule has 0 saturated carbocycles. The molecule has 1 fully saturated rings. The molecule has 6 heteroatoms. The van der Waals surface area contributed by atoms with Crippen LogP contribution >= 0.6 is 11.3 Å². The van der Waals surface area contributed by atoms with Crippen LogP contribution in [-0.2, 0) is 9.57 Å². The Morgan fingerprint density at radius 1 is 1.63 bits per heavy atom. The van der Waals surface area contributed by atoms with Crippen LogP contribution in [0.5, 0.6) is 0 Å². The summed E-state index contributed by atoms with van der Waals surface area (Å²) in [6, 6.07) is 3.77. The van der Waals surface area contributed by atoms with Gasteiger partial charge in [0.15, 0.2) is 6.29 Å². The third-order valence-electron chi connectivity index (χ3n) is 3.27. The lowest BCUT2D eigenvalue weighted by molar-refractivity contribution is -0.187. The molecule has 2 rings (SSSR count). The minimum absolute atomic E-state index is 0.0240. The van der Waals surface area contributed by atoms with Crippen LogP contribution in [0.3, 0.4) is 0 Å². The first-order valence-electron chi connectivity index (χ1n) is 6.52. The van der Waals surface area contributed by atoms with Crippen LogP contribution in [0.1, 0.15) is 37.1 Å². The van der Waals surface area contributed by atoms with Gasteiger partial charge in [-0.3, -0.25) is 0 Å². The molecule has 0 aromatic carbocycles. The molecule has 1 aromatic rings. The Hall–Kier alpha value is -1.11. The van der Waals surface area contributed by atoms with Crippen molar-refractivity contribution < 1.29 is 14.4 Å². The summed E-state index contributed by atoms with van der Waals surface area (Å²) in [5, 5.41) is 2.00. The highest BCUT2D eigenvalue weighted by Crippen LogP contribution is 2.23. The zero-order valence-corrected chi connectivity index (χ0v) is 12.1. The summed E-state index contributed by atoms with van der Waals surface area (Å²) < 4.78 is 5.39. The van der Waals surface area contributed by atoms with Crippen LogP contribution in [0, 0.1) is 0 Å². The van der Waals surface area contributed by atoms with E-state index in [4.69, 9.17) is 9.57 Å². The van der Waals surface area contributed by atoms with Crippen molar-refractivity contribution in [2.24, 2.45) is 0 Å². The standard InChI is InChI=1S/C13H20N2O3S/c1-10(11-6-5-9-19-11)15(2)13(16)14-18-12-7-3-4-8-17-12/h5-6,9-10,12H,3-4,7-8H2,1-2H3,(H,14,16)/t10-,12+/m1/s1. The number of urea groups is 1. The zero-order valence-electron chi connectivity index (χ0n) is 11.3. The van der Waals surface area contributed by atoms with Gasteiger partial charge in [-0.25, -0.2) is 15.1 Å². The number of amides is 2. The summed E-state index contributed by atoms with van der Waals surface area (Å²) in [6.45, 7) is 2.69. The first-order chi connectivity index (χ1) is 9.18. The highest BCUT2D eigenvalue weighted by molar-refractivity contribution is 7.10. The maximum absolute atomic E-state index is 12.0.